The van der Waals surface area contributed by atoms with Gasteiger partial charge in [-0.25, -0.2) is 0 Å². The van der Waals surface area contributed by atoms with Crippen LogP contribution in [0.25, 0.3) is 0 Å². The van der Waals surface area contributed by atoms with Crippen molar-refractivity contribution in [3.8, 4) is 0 Å². The van der Waals surface area contributed by atoms with Gasteiger partial charge in [0.15, 0.2) is 0 Å². The van der Waals surface area contributed by atoms with Gasteiger partial charge in [-0.15, -0.1) is 0 Å². The van der Waals surface area contributed by atoms with Crippen molar-refractivity contribution in [2.75, 3.05) is 0 Å². The first-order valence-electron chi connectivity index (χ1n) is 6.78. The molecular weight excluding hydrogens is 246 g/mol. The van der Waals surface area contributed by atoms with Crippen LogP contribution in [0.4, 0.5) is 0 Å². The Balaban J connectivity index is 2.81. The molecule has 0 aliphatic heterocycles. The van der Waals surface area contributed by atoms with Crippen molar-refractivity contribution < 1.29 is 0 Å². The van der Waals surface area contributed by atoms with Crippen LogP contribution in [0.5, 0.6) is 0 Å². The van der Waals surface area contributed by atoms with Gasteiger partial charge in [0.1, 0.15) is 0 Å². The first kappa shape index (κ1) is 15.5. The Bertz CT molecular complexity index is 390. The van der Waals surface area contributed by atoms with E-state index in [4.69, 9.17) is 11.6 Å². The van der Waals surface area contributed by atoms with Gasteiger partial charge >= 0.3 is 0 Å². The zero-order chi connectivity index (χ0) is 13.9. The second-order valence-corrected chi connectivity index (χ2v) is 6.22. The lowest BCUT2D eigenvalue weighted by Crippen LogP contribution is -2.37. The van der Waals surface area contributed by atoms with E-state index < -0.39 is 0 Å². The molecular formula is C14H26ClN3. The molecule has 1 N–H and O–H groups in total. The molecule has 0 radical (unpaired) electrons. The zero-order valence-electron chi connectivity index (χ0n) is 12.5. The summed E-state index contributed by atoms with van der Waals surface area (Å²) in [5, 5.41) is 8.90. The van der Waals surface area contributed by atoms with Crippen LogP contribution < -0.4 is 5.32 Å². The highest BCUT2D eigenvalue weighted by molar-refractivity contribution is 6.31. The van der Waals surface area contributed by atoms with Crippen LogP contribution in [0.15, 0.2) is 0 Å². The van der Waals surface area contributed by atoms with Gasteiger partial charge in [0, 0.05) is 19.1 Å². The highest BCUT2D eigenvalue weighted by Gasteiger charge is 2.21. The van der Waals surface area contributed by atoms with Crippen molar-refractivity contribution in [2.24, 2.45) is 5.41 Å². The molecule has 0 saturated heterocycles. The fourth-order valence-electron chi connectivity index (χ4n) is 1.74. The number of nitrogens with one attached hydrogen (secondary N) is 1. The molecule has 1 atom stereocenters. The summed E-state index contributed by atoms with van der Waals surface area (Å²) < 4.78 is 2.00. The summed E-state index contributed by atoms with van der Waals surface area (Å²) in [7, 11) is 0. The number of hydrogen-bond donors (Lipinski definition) is 1. The van der Waals surface area contributed by atoms with Crippen LogP contribution in [0.2, 0.25) is 5.02 Å². The first-order chi connectivity index (χ1) is 8.31. The van der Waals surface area contributed by atoms with Gasteiger partial charge in [-0.3, -0.25) is 4.68 Å². The Kier molecular flexibility index (Phi) is 5.23. The Morgan fingerprint density at radius 3 is 2.39 bits per heavy atom. The Labute approximate surface area is 116 Å². The van der Waals surface area contributed by atoms with Gasteiger partial charge in [-0.05, 0) is 25.7 Å². The summed E-state index contributed by atoms with van der Waals surface area (Å²) in [4.78, 5) is 0. The molecule has 0 saturated carbocycles. The summed E-state index contributed by atoms with van der Waals surface area (Å²) in [5.74, 6) is 0. The van der Waals surface area contributed by atoms with Crippen LogP contribution >= 0.6 is 11.6 Å². The van der Waals surface area contributed by atoms with Gasteiger partial charge in [-0.2, -0.15) is 5.10 Å². The van der Waals surface area contributed by atoms with Crippen molar-refractivity contribution >= 4 is 11.6 Å². The maximum atomic E-state index is 6.38. The average molecular weight is 272 g/mol. The molecule has 1 unspecified atom stereocenters. The number of rotatable bonds is 5. The van der Waals surface area contributed by atoms with Gasteiger partial charge in [0.2, 0.25) is 0 Å². The molecule has 0 amide bonds. The molecule has 18 heavy (non-hydrogen) atoms. The molecule has 0 spiro atoms. The largest absolute Gasteiger partial charge is 0.308 e. The highest BCUT2D eigenvalue weighted by atomic mass is 35.5. The summed E-state index contributed by atoms with van der Waals surface area (Å²) >= 11 is 6.38. The van der Waals surface area contributed by atoms with E-state index in [1.54, 1.807) is 0 Å². The van der Waals surface area contributed by atoms with E-state index in [9.17, 15) is 0 Å². The normalized spacial score (nSPS) is 13.9. The Hall–Kier alpha value is -0.540. The van der Waals surface area contributed by atoms with Crippen molar-refractivity contribution in [1.29, 1.82) is 0 Å². The number of halogens is 1. The number of aryl methyl sites for hydroxylation is 2. The summed E-state index contributed by atoms with van der Waals surface area (Å²) in [6, 6.07) is 0.429. The quantitative estimate of drug-likeness (QED) is 0.886. The van der Waals surface area contributed by atoms with E-state index in [1.165, 1.54) is 0 Å². The molecule has 1 aromatic rings. The lowest BCUT2D eigenvalue weighted by Gasteiger charge is -2.28. The van der Waals surface area contributed by atoms with Crippen molar-refractivity contribution in [3.63, 3.8) is 0 Å². The Morgan fingerprint density at radius 2 is 1.94 bits per heavy atom. The van der Waals surface area contributed by atoms with E-state index in [-0.39, 0.29) is 5.41 Å². The fourth-order valence-corrected chi connectivity index (χ4v) is 2.08. The lowest BCUT2D eigenvalue weighted by molar-refractivity contribution is 0.283. The molecule has 1 rings (SSSR count). The minimum atomic E-state index is 0.247. The predicted molar refractivity (Wildman–Crippen MR) is 78.0 cm³/mol. The SMILES string of the molecule is CCc1nn(CC)c(CNC(C)C(C)(C)C)c1Cl. The summed E-state index contributed by atoms with van der Waals surface area (Å²) in [6.45, 7) is 14.7. The van der Waals surface area contributed by atoms with Crippen LogP contribution in [0.1, 0.15) is 52.9 Å². The molecule has 4 heteroatoms. The third-order valence-corrected chi connectivity index (χ3v) is 4.01. The maximum Gasteiger partial charge on any atom is 0.0863 e. The molecule has 1 heterocycles. The minimum Gasteiger partial charge on any atom is -0.308 e. The molecule has 3 nitrogen and oxygen atoms in total. The van der Waals surface area contributed by atoms with Crippen LogP contribution in [0, 0.1) is 5.41 Å². The van der Waals surface area contributed by atoms with E-state index in [0.29, 0.717) is 6.04 Å². The monoisotopic (exact) mass is 271 g/mol. The van der Waals surface area contributed by atoms with Crippen molar-refractivity contribution in [1.82, 2.24) is 15.1 Å². The zero-order valence-corrected chi connectivity index (χ0v) is 13.2. The number of nitrogens with zero attached hydrogens (tertiary/aromatic N) is 2. The summed E-state index contributed by atoms with van der Waals surface area (Å²) in [5.41, 5.74) is 2.35. The second kappa shape index (κ2) is 6.07. The van der Waals surface area contributed by atoms with E-state index in [2.05, 4.69) is 52.0 Å². The topological polar surface area (TPSA) is 29.9 Å². The van der Waals surface area contributed by atoms with E-state index in [0.717, 1.165) is 35.9 Å². The van der Waals surface area contributed by atoms with Gasteiger partial charge in [-0.1, -0.05) is 39.3 Å². The third-order valence-electron chi connectivity index (χ3n) is 3.57. The van der Waals surface area contributed by atoms with Crippen LogP contribution in [-0.4, -0.2) is 15.8 Å². The third kappa shape index (κ3) is 3.48. The number of aromatic nitrogens is 2. The van der Waals surface area contributed by atoms with E-state index in [1.807, 2.05) is 4.68 Å². The molecule has 0 aromatic carbocycles. The highest BCUT2D eigenvalue weighted by Crippen LogP contribution is 2.23. The second-order valence-electron chi connectivity index (χ2n) is 5.85. The molecule has 1 aromatic heterocycles. The maximum absolute atomic E-state index is 6.38. The van der Waals surface area contributed by atoms with Crippen molar-refractivity contribution in [2.45, 2.75) is 67.1 Å². The molecule has 104 valence electrons. The molecule has 0 aliphatic rings. The average Bonchev–Trinajstić information content (AvgIpc) is 2.61. The molecule has 0 bridgehead atoms. The van der Waals surface area contributed by atoms with E-state index >= 15 is 0 Å². The lowest BCUT2D eigenvalue weighted by atomic mass is 9.88. The van der Waals surface area contributed by atoms with Crippen LogP contribution in [0.3, 0.4) is 0 Å². The van der Waals surface area contributed by atoms with Gasteiger partial charge in [0.25, 0.3) is 0 Å². The standard InChI is InChI=1S/C14H26ClN3/c1-7-11-13(15)12(18(8-2)17-11)9-16-10(3)14(4,5)6/h10,16H,7-9H2,1-6H3. The summed E-state index contributed by atoms with van der Waals surface area (Å²) in [6.07, 6.45) is 0.883. The van der Waals surface area contributed by atoms with Crippen molar-refractivity contribution in [3.05, 3.63) is 16.4 Å². The Morgan fingerprint density at radius 1 is 1.33 bits per heavy atom. The fraction of sp³-hybridized carbons (Fsp3) is 0.786. The smallest absolute Gasteiger partial charge is 0.0863 e. The number of hydrogen-bond acceptors (Lipinski definition) is 2. The molecule has 0 fully saturated rings. The first-order valence-corrected chi connectivity index (χ1v) is 7.16. The minimum absolute atomic E-state index is 0.247. The predicted octanol–water partition coefficient (Wildman–Crippen LogP) is 3.64. The van der Waals surface area contributed by atoms with Gasteiger partial charge < -0.3 is 5.32 Å². The van der Waals surface area contributed by atoms with Crippen LogP contribution in [-0.2, 0) is 19.5 Å². The van der Waals surface area contributed by atoms with Gasteiger partial charge in [0.05, 0.1) is 16.4 Å². The molecule has 0 aliphatic carbocycles.